The molecule has 0 aliphatic carbocycles. The molecule has 4 rings (SSSR count). The molecule has 3 aromatic carbocycles. The molecule has 5 heteroatoms. The summed E-state index contributed by atoms with van der Waals surface area (Å²) in [5.41, 5.74) is 7.57. The van der Waals surface area contributed by atoms with Crippen LogP contribution >= 0.6 is 0 Å². The third-order valence-corrected chi connectivity index (χ3v) is 4.55. The zero-order chi connectivity index (χ0) is 20.1. The number of H-pyrrole nitrogens is 1. The van der Waals surface area contributed by atoms with Crippen LogP contribution in [0.1, 0.15) is 11.1 Å². The minimum atomic E-state index is -0.316. The number of carbonyl (C=O) groups is 1. The van der Waals surface area contributed by atoms with Crippen molar-refractivity contribution in [3.63, 3.8) is 0 Å². The summed E-state index contributed by atoms with van der Waals surface area (Å²) in [5, 5.41) is 5.20. The normalized spacial score (nSPS) is 11.1. The van der Waals surface area contributed by atoms with Gasteiger partial charge < -0.3 is 9.72 Å². The molecule has 0 saturated carbocycles. The molecule has 1 heterocycles. The van der Waals surface area contributed by atoms with Crippen LogP contribution in [0, 0.1) is 6.92 Å². The van der Waals surface area contributed by atoms with E-state index in [1.165, 1.54) is 0 Å². The first-order valence-corrected chi connectivity index (χ1v) is 9.38. The van der Waals surface area contributed by atoms with Gasteiger partial charge in [-0.1, -0.05) is 60.7 Å². The van der Waals surface area contributed by atoms with Crippen molar-refractivity contribution >= 4 is 23.0 Å². The first-order valence-electron chi connectivity index (χ1n) is 9.38. The lowest BCUT2D eigenvalue weighted by Crippen LogP contribution is -2.24. The van der Waals surface area contributed by atoms with Gasteiger partial charge >= 0.3 is 0 Å². The van der Waals surface area contributed by atoms with E-state index in [0.29, 0.717) is 5.75 Å². The molecule has 0 spiro atoms. The summed E-state index contributed by atoms with van der Waals surface area (Å²) < 4.78 is 5.51. The fourth-order valence-corrected chi connectivity index (χ4v) is 3.19. The molecule has 5 nitrogen and oxygen atoms in total. The van der Waals surface area contributed by atoms with E-state index in [9.17, 15) is 4.79 Å². The minimum Gasteiger partial charge on any atom is -0.484 e. The first-order chi connectivity index (χ1) is 14.2. The molecule has 0 saturated heterocycles. The van der Waals surface area contributed by atoms with Crippen LogP contribution in [-0.2, 0) is 4.79 Å². The van der Waals surface area contributed by atoms with Crippen molar-refractivity contribution in [3.05, 3.63) is 90.0 Å². The molecule has 0 atom stereocenters. The maximum Gasteiger partial charge on any atom is 0.277 e. The lowest BCUT2D eigenvalue weighted by Gasteiger charge is -2.05. The van der Waals surface area contributed by atoms with Crippen molar-refractivity contribution in [1.82, 2.24) is 10.4 Å². The van der Waals surface area contributed by atoms with Crippen LogP contribution in [0.5, 0.6) is 5.75 Å². The molecule has 1 aromatic heterocycles. The van der Waals surface area contributed by atoms with Crippen LogP contribution in [-0.4, -0.2) is 23.7 Å². The Balaban J connectivity index is 1.50. The number of aromatic nitrogens is 1. The number of nitrogens with zero attached hydrogens (tertiary/aromatic N) is 1. The first kappa shape index (κ1) is 18.5. The molecule has 0 aliphatic rings. The quantitative estimate of drug-likeness (QED) is 0.375. The van der Waals surface area contributed by atoms with E-state index in [1.54, 1.807) is 6.21 Å². The standard InChI is InChI=1S/C24H21N3O2/c1-17-8-7-11-19(14-17)29-16-23(28)27-25-15-21-20-12-5-6-13-22(20)26-24(21)18-9-3-2-4-10-18/h2-15,26H,16H2,1H3,(H,27,28)/b25-15+. The van der Waals surface area contributed by atoms with E-state index < -0.39 is 0 Å². The fraction of sp³-hybridized carbons (Fsp3) is 0.0833. The number of ether oxygens (including phenoxy) is 1. The number of carbonyl (C=O) groups excluding carboxylic acids is 1. The molecule has 0 aliphatic heterocycles. The Morgan fingerprint density at radius 1 is 1.03 bits per heavy atom. The van der Waals surface area contributed by atoms with Crippen LogP contribution in [0.2, 0.25) is 0 Å². The lowest BCUT2D eigenvalue weighted by atomic mass is 10.1. The lowest BCUT2D eigenvalue weighted by molar-refractivity contribution is -0.123. The third kappa shape index (κ3) is 4.35. The second-order valence-electron chi connectivity index (χ2n) is 6.72. The molecule has 2 N–H and O–H groups in total. The molecule has 4 aromatic rings. The Morgan fingerprint density at radius 2 is 1.83 bits per heavy atom. The topological polar surface area (TPSA) is 66.5 Å². The number of hydrogen-bond donors (Lipinski definition) is 2. The average Bonchev–Trinajstić information content (AvgIpc) is 3.12. The van der Waals surface area contributed by atoms with Crippen molar-refractivity contribution in [3.8, 4) is 17.0 Å². The highest BCUT2D eigenvalue weighted by Gasteiger charge is 2.11. The van der Waals surface area contributed by atoms with E-state index in [0.717, 1.165) is 33.3 Å². The highest BCUT2D eigenvalue weighted by Crippen LogP contribution is 2.28. The SMILES string of the molecule is Cc1cccc(OCC(=O)N/N=C/c2c(-c3ccccc3)[nH]c3ccccc23)c1. The van der Waals surface area contributed by atoms with E-state index in [1.807, 2.05) is 85.8 Å². The van der Waals surface area contributed by atoms with E-state index >= 15 is 0 Å². The summed E-state index contributed by atoms with van der Waals surface area (Å²) in [6, 6.07) is 25.6. The van der Waals surface area contributed by atoms with Crippen molar-refractivity contribution in [2.45, 2.75) is 6.92 Å². The Hall–Kier alpha value is -3.86. The summed E-state index contributed by atoms with van der Waals surface area (Å²) >= 11 is 0. The van der Waals surface area contributed by atoms with Gasteiger partial charge in [0.15, 0.2) is 6.61 Å². The Kier molecular flexibility index (Phi) is 5.38. The fourth-order valence-electron chi connectivity index (χ4n) is 3.19. The van der Waals surface area contributed by atoms with E-state index in [4.69, 9.17) is 4.74 Å². The van der Waals surface area contributed by atoms with Crippen molar-refractivity contribution in [1.29, 1.82) is 0 Å². The number of benzene rings is 3. The van der Waals surface area contributed by atoms with Crippen molar-refractivity contribution < 1.29 is 9.53 Å². The summed E-state index contributed by atoms with van der Waals surface area (Å²) in [6.07, 6.45) is 1.67. The highest BCUT2D eigenvalue weighted by molar-refractivity contribution is 6.06. The molecule has 0 fully saturated rings. The number of nitrogens with one attached hydrogen (secondary N) is 2. The number of fused-ring (bicyclic) bond motifs is 1. The highest BCUT2D eigenvalue weighted by atomic mass is 16.5. The number of hydrazone groups is 1. The smallest absolute Gasteiger partial charge is 0.277 e. The summed E-state index contributed by atoms with van der Waals surface area (Å²) in [4.78, 5) is 15.5. The number of hydrogen-bond acceptors (Lipinski definition) is 3. The van der Waals surface area contributed by atoms with Crippen LogP contribution in [0.25, 0.3) is 22.2 Å². The van der Waals surface area contributed by atoms with Gasteiger partial charge in [0.25, 0.3) is 5.91 Å². The molecular formula is C24H21N3O2. The zero-order valence-corrected chi connectivity index (χ0v) is 16.1. The number of aromatic amines is 1. The Morgan fingerprint density at radius 3 is 2.66 bits per heavy atom. The Bertz CT molecular complexity index is 1160. The molecule has 0 unspecified atom stereocenters. The number of rotatable bonds is 6. The van der Waals surface area contributed by atoms with Crippen LogP contribution in [0.15, 0.2) is 84.0 Å². The predicted molar refractivity (Wildman–Crippen MR) is 116 cm³/mol. The second-order valence-corrected chi connectivity index (χ2v) is 6.72. The third-order valence-electron chi connectivity index (χ3n) is 4.55. The average molecular weight is 383 g/mol. The van der Waals surface area contributed by atoms with Crippen LogP contribution in [0.3, 0.4) is 0 Å². The largest absolute Gasteiger partial charge is 0.484 e. The summed E-state index contributed by atoms with van der Waals surface area (Å²) in [6.45, 7) is 1.88. The van der Waals surface area contributed by atoms with Crippen molar-refractivity contribution in [2.24, 2.45) is 5.10 Å². The number of amides is 1. The van der Waals surface area contributed by atoms with Gasteiger partial charge in [-0.05, 0) is 36.2 Å². The van der Waals surface area contributed by atoms with Gasteiger partial charge in [0.2, 0.25) is 0 Å². The zero-order valence-electron chi connectivity index (χ0n) is 16.1. The molecular weight excluding hydrogens is 362 g/mol. The summed E-state index contributed by atoms with van der Waals surface area (Å²) in [5.74, 6) is 0.344. The van der Waals surface area contributed by atoms with Gasteiger partial charge in [-0.3, -0.25) is 4.79 Å². The molecule has 1 amide bonds. The van der Waals surface area contributed by atoms with Gasteiger partial charge in [-0.15, -0.1) is 0 Å². The molecule has 0 radical (unpaired) electrons. The maximum atomic E-state index is 12.1. The van der Waals surface area contributed by atoms with Crippen molar-refractivity contribution in [2.75, 3.05) is 6.61 Å². The van der Waals surface area contributed by atoms with E-state index in [-0.39, 0.29) is 12.5 Å². The van der Waals surface area contributed by atoms with Gasteiger partial charge in [-0.2, -0.15) is 5.10 Å². The Labute approximate surface area is 169 Å². The number of aryl methyl sites for hydroxylation is 1. The van der Waals surface area contributed by atoms with Gasteiger partial charge in [0, 0.05) is 16.5 Å². The number of para-hydroxylation sites is 1. The van der Waals surface area contributed by atoms with Gasteiger partial charge in [-0.25, -0.2) is 5.43 Å². The predicted octanol–water partition coefficient (Wildman–Crippen LogP) is 4.67. The molecule has 0 bridgehead atoms. The van der Waals surface area contributed by atoms with Gasteiger partial charge in [0.1, 0.15) is 5.75 Å². The molecule has 29 heavy (non-hydrogen) atoms. The van der Waals surface area contributed by atoms with Gasteiger partial charge in [0.05, 0.1) is 11.9 Å². The second kappa shape index (κ2) is 8.44. The summed E-state index contributed by atoms with van der Waals surface area (Å²) in [7, 11) is 0. The van der Waals surface area contributed by atoms with Crippen LogP contribution in [0.4, 0.5) is 0 Å². The minimum absolute atomic E-state index is 0.0970. The van der Waals surface area contributed by atoms with E-state index in [2.05, 4.69) is 15.5 Å². The van der Waals surface area contributed by atoms with Crippen LogP contribution < -0.4 is 10.2 Å². The monoisotopic (exact) mass is 383 g/mol. The maximum absolute atomic E-state index is 12.1. The molecule has 144 valence electrons.